The molecule has 0 aliphatic heterocycles. The van der Waals surface area contributed by atoms with E-state index in [1.54, 1.807) is 0 Å². The largest absolute Gasteiger partial charge is 0.465 e. The molecule has 0 N–H and O–H groups in total. The average molecular weight is 204 g/mol. The maximum absolute atomic E-state index is 11.4. The molecule has 1 aliphatic rings. The lowest BCUT2D eigenvalue weighted by Crippen LogP contribution is -2.02. The van der Waals surface area contributed by atoms with Crippen molar-refractivity contribution in [3.8, 4) is 0 Å². The Labute approximate surface area is 90.3 Å². The highest BCUT2D eigenvalue weighted by atomic mass is 16.5. The van der Waals surface area contributed by atoms with Crippen molar-refractivity contribution in [1.82, 2.24) is 0 Å². The van der Waals surface area contributed by atoms with Crippen LogP contribution in [0.15, 0.2) is 24.3 Å². The van der Waals surface area contributed by atoms with Gasteiger partial charge in [0, 0.05) is 0 Å². The van der Waals surface area contributed by atoms with Gasteiger partial charge in [0.05, 0.1) is 12.7 Å². The van der Waals surface area contributed by atoms with E-state index in [-0.39, 0.29) is 5.97 Å². The van der Waals surface area contributed by atoms with E-state index in [2.05, 4.69) is 6.07 Å². The zero-order valence-corrected chi connectivity index (χ0v) is 9.03. The summed E-state index contributed by atoms with van der Waals surface area (Å²) in [4.78, 5) is 11.4. The highest BCUT2D eigenvalue weighted by Crippen LogP contribution is 2.34. The average Bonchev–Trinajstić information content (AvgIpc) is 2.82. The Kier molecular flexibility index (Phi) is 3.05. The number of benzene rings is 1. The molecular weight excluding hydrogens is 188 g/mol. The van der Waals surface area contributed by atoms with Crippen LogP contribution in [0.25, 0.3) is 0 Å². The lowest BCUT2D eigenvalue weighted by atomic mass is 9.96. The van der Waals surface area contributed by atoms with E-state index in [1.165, 1.54) is 38.4 Å². The van der Waals surface area contributed by atoms with Crippen molar-refractivity contribution < 1.29 is 9.53 Å². The number of hydrogen-bond acceptors (Lipinski definition) is 2. The Balaban J connectivity index is 2.21. The van der Waals surface area contributed by atoms with Gasteiger partial charge in [0.2, 0.25) is 0 Å². The lowest BCUT2D eigenvalue weighted by molar-refractivity contribution is 0.0600. The molecule has 1 aliphatic carbocycles. The Morgan fingerprint density at radius 2 is 2.07 bits per heavy atom. The third-order valence-electron chi connectivity index (χ3n) is 3.13. The molecule has 15 heavy (non-hydrogen) atoms. The van der Waals surface area contributed by atoms with Gasteiger partial charge < -0.3 is 4.74 Å². The number of ether oxygens (including phenoxy) is 1. The first kappa shape index (κ1) is 10.2. The van der Waals surface area contributed by atoms with Crippen molar-refractivity contribution in [3.63, 3.8) is 0 Å². The van der Waals surface area contributed by atoms with Crippen LogP contribution in [-0.2, 0) is 4.74 Å². The van der Waals surface area contributed by atoms with E-state index in [0.717, 1.165) is 0 Å². The van der Waals surface area contributed by atoms with Gasteiger partial charge >= 0.3 is 5.97 Å². The fraction of sp³-hybridized carbons (Fsp3) is 0.462. The first-order valence-corrected chi connectivity index (χ1v) is 5.49. The summed E-state index contributed by atoms with van der Waals surface area (Å²) < 4.78 is 4.71. The standard InChI is InChI=1S/C13H16O2/c1-15-13(14)12-8-4-7-11(9-12)10-5-2-3-6-10/h4,7-10H,2-3,5-6H2,1H3. The molecule has 1 aromatic carbocycles. The van der Waals surface area contributed by atoms with Crippen molar-refractivity contribution in [1.29, 1.82) is 0 Å². The molecule has 0 bridgehead atoms. The van der Waals surface area contributed by atoms with Crippen LogP contribution in [0, 0.1) is 0 Å². The van der Waals surface area contributed by atoms with Crippen LogP contribution in [-0.4, -0.2) is 13.1 Å². The highest BCUT2D eigenvalue weighted by Gasteiger charge is 2.18. The summed E-state index contributed by atoms with van der Waals surface area (Å²) in [7, 11) is 1.42. The maximum atomic E-state index is 11.4. The molecule has 0 amide bonds. The van der Waals surface area contributed by atoms with Gasteiger partial charge in [-0.1, -0.05) is 25.0 Å². The van der Waals surface area contributed by atoms with Gasteiger partial charge in [-0.3, -0.25) is 0 Å². The van der Waals surface area contributed by atoms with Crippen LogP contribution >= 0.6 is 0 Å². The van der Waals surface area contributed by atoms with E-state index in [4.69, 9.17) is 4.74 Å². The number of carbonyl (C=O) groups is 1. The molecular formula is C13H16O2. The second-order valence-corrected chi connectivity index (χ2v) is 4.10. The predicted octanol–water partition coefficient (Wildman–Crippen LogP) is 3.13. The molecule has 1 aromatic rings. The molecule has 2 rings (SSSR count). The van der Waals surface area contributed by atoms with E-state index in [9.17, 15) is 4.79 Å². The van der Waals surface area contributed by atoms with E-state index >= 15 is 0 Å². The fourth-order valence-corrected chi connectivity index (χ4v) is 2.30. The fourth-order valence-electron chi connectivity index (χ4n) is 2.30. The van der Waals surface area contributed by atoms with Crippen molar-refractivity contribution in [3.05, 3.63) is 35.4 Å². The lowest BCUT2D eigenvalue weighted by Gasteiger charge is -2.10. The van der Waals surface area contributed by atoms with Crippen LogP contribution in [0.1, 0.15) is 47.5 Å². The van der Waals surface area contributed by atoms with Crippen molar-refractivity contribution >= 4 is 5.97 Å². The minimum Gasteiger partial charge on any atom is -0.465 e. The Morgan fingerprint density at radius 1 is 1.33 bits per heavy atom. The molecule has 0 radical (unpaired) electrons. The molecule has 2 heteroatoms. The summed E-state index contributed by atoms with van der Waals surface area (Å²) >= 11 is 0. The SMILES string of the molecule is COC(=O)c1cccc(C2CCCC2)c1. The summed E-state index contributed by atoms with van der Waals surface area (Å²) in [5.41, 5.74) is 1.96. The number of esters is 1. The van der Waals surface area contributed by atoms with E-state index in [0.29, 0.717) is 11.5 Å². The highest BCUT2D eigenvalue weighted by molar-refractivity contribution is 5.89. The van der Waals surface area contributed by atoms with Gasteiger partial charge in [0.15, 0.2) is 0 Å². The molecule has 1 fully saturated rings. The molecule has 0 heterocycles. The first-order chi connectivity index (χ1) is 7.31. The van der Waals surface area contributed by atoms with Gasteiger partial charge in [-0.15, -0.1) is 0 Å². The van der Waals surface area contributed by atoms with Gasteiger partial charge in [0.1, 0.15) is 0 Å². The monoisotopic (exact) mass is 204 g/mol. The number of hydrogen-bond donors (Lipinski definition) is 0. The van der Waals surface area contributed by atoms with Crippen molar-refractivity contribution in [2.24, 2.45) is 0 Å². The summed E-state index contributed by atoms with van der Waals surface area (Å²) in [6.07, 6.45) is 5.13. The Hall–Kier alpha value is -1.31. The smallest absolute Gasteiger partial charge is 0.337 e. The molecule has 0 spiro atoms. The van der Waals surface area contributed by atoms with Crippen molar-refractivity contribution in [2.45, 2.75) is 31.6 Å². The normalized spacial score (nSPS) is 16.6. The molecule has 1 saturated carbocycles. The molecule has 2 nitrogen and oxygen atoms in total. The van der Waals surface area contributed by atoms with Crippen LogP contribution in [0.3, 0.4) is 0 Å². The molecule has 0 unspecified atom stereocenters. The summed E-state index contributed by atoms with van der Waals surface area (Å²) in [6, 6.07) is 7.84. The maximum Gasteiger partial charge on any atom is 0.337 e. The third kappa shape index (κ3) is 2.20. The summed E-state index contributed by atoms with van der Waals surface area (Å²) in [5, 5.41) is 0. The van der Waals surface area contributed by atoms with Crippen molar-refractivity contribution in [2.75, 3.05) is 7.11 Å². The zero-order valence-electron chi connectivity index (χ0n) is 9.03. The predicted molar refractivity (Wildman–Crippen MR) is 59.0 cm³/mol. The minimum absolute atomic E-state index is 0.241. The Bertz CT molecular complexity index is 351. The molecule has 0 aromatic heterocycles. The Morgan fingerprint density at radius 3 is 2.73 bits per heavy atom. The van der Waals surface area contributed by atoms with E-state index in [1.807, 2.05) is 18.2 Å². The minimum atomic E-state index is -0.241. The summed E-state index contributed by atoms with van der Waals surface area (Å²) in [5.74, 6) is 0.407. The van der Waals surface area contributed by atoms with Gasteiger partial charge in [-0.2, -0.15) is 0 Å². The number of methoxy groups -OCH3 is 1. The zero-order chi connectivity index (χ0) is 10.7. The topological polar surface area (TPSA) is 26.3 Å². The second-order valence-electron chi connectivity index (χ2n) is 4.10. The van der Waals surface area contributed by atoms with E-state index < -0.39 is 0 Å². The van der Waals surface area contributed by atoms with Crippen LogP contribution in [0.4, 0.5) is 0 Å². The number of rotatable bonds is 2. The quantitative estimate of drug-likeness (QED) is 0.692. The molecule has 80 valence electrons. The molecule has 0 atom stereocenters. The van der Waals surface area contributed by atoms with Crippen LogP contribution < -0.4 is 0 Å². The number of carbonyl (C=O) groups excluding carboxylic acids is 1. The van der Waals surface area contributed by atoms with Gasteiger partial charge in [0.25, 0.3) is 0 Å². The summed E-state index contributed by atoms with van der Waals surface area (Å²) in [6.45, 7) is 0. The van der Waals surface area contributed by atoms with Crippen LogP contribution in [0.5, 0.6) is 0 Å². The molecule has 0 saturated heterocycles. The van der Waals surface area contributed by atoms with Crippen LogP contribution in [0.2, 0.25) is 0 Å². The van der Waals surface area contributed by atoms with Gasteiger partial charge in [-0.05, 0) is 36.5 Å². The first-order valence-electron chi connectivity index (χ1n) is 5.49. The second kappa shape index (κ2) is 4.47. The third-order valence-corrected chi connectivity index (χ3v) is 3.13. The van der Waals surface area contributed by atoms with Gasteiger partial charge in [-0.25, -0.2) is 4.79 Å².